The number of allylic oxidation sites excluding steroid dienone is 1. The number of alkyl halides is 7. The second-order valence-corrected chi connectivity index (χ2v) is 7.31. The third kappa shape index (κ3) is 6.27. The fraction of sp³-hybridized carbons (Fsp3) is 0.688. The van der Waals surface area contributed by atoms with Crippen LogP contribution in [0, 0.1) is 0 Å². The molecule has 0 saturated heterocycles. The SMILES string of the molecule is CC(Nc1nc(NC2CC(F)(F)C2)nc(C2=C(F)[C@H](O)C(F)(F)CC2)n1)C(F)(F)F.S.S. The number of aliphatic hydroxyl groups excluding tert-OH is 1. The van der Waals surface area contributed by atoms with E-state index < -0.39 is 91.0 Å². The molecular formula is C16H21F8N5OS2. The van der Waals surface area contributed by atoms with Crippen molar-refractivity contribution in [1.29, 1.82) is 0 Å². The maximum atomic E-state index is 14.3. The summed E-state index contributed by atoms with van der Waals surface area (Å²) in [6.07, 6.45) is -10.1. The molecule has 0 aliphatic heterocycles. The lowest BCUT2D eigenvalue weighted by atomic mass is 9.88. The van der Waals surface area contributed by atoms with Crippen molar-refractivity contribution in [2.75, 3.05) is 10.6 Å². The average Bonchev–Trinajstić information content (AvgIpc) is 2.57. The van der Waals surface area contributed by atoms with Crippen LogP contribution in [0.3, 0.4) is 0 Å². The van der Waals surface area contributed by atoms with Crippen molar-refractivity contribution < 1.29 is 40.2 Å². The summed E-state index contributed by atoms with van der Waals surface area (Å²) in [5.41, 5.74) is -0.527. The van der Waals surface area contributed by atoms with Crippen LogP contribution >= 0.6 is 27.0 Å². The number of rotatable bonds is 5. The Bertz CT molecular complexity index is 846. The first-order valence-corrected chi connectivity index (χ1v) is 8.86. The Morgan fingerprint density at radius 2 is 1.59 bits per heavy atom. The van der Waals surface area contributed by atoms with E-state index in [1.807, 2.05) is 5.32 Å². The van der Waals surface area contributed by atoms with Gasteiger partial charge in [0.2, 0.25) is 11.9 Å². The van der Waals surface area contributed by atoms with Gasteiger partial charge in [-0.3, -0.25) is 0 Å². The van der Waals surface area contributed by atoms with E-state index in [0.29, 0.717) is 0 Å². The van der Waals surface area contributed by atoms with Crippen LogP contribution in [0.2, 0.25) is 0 Å². The van der Waals surface area contributed by atoms with Gasteiger partial charge in [0.05, 0.1) is 0 Å². The molecule has 1 saturated carbocycles. The highest BCUT2D eigenvalue weighted by Crippen LogP contribution is 2.42. The van der Waals surface area contributed by atoms with Gasteiger partial charge in [-0.1, -0.05) is 0 Å². The molecule has 184 valence electrons. The predicted molar refractivity (Wildman–Crippen MR) is 110 cm³/mol. The maximum absolute atomic E-state index is 14.3. The molecule has 0 aromatic carbocycles. The molecule has 6 nitrogen and oxygen atoms in total. The van der Waals surface area contributed by atoms with Crippen LogP contribution in [0.4, 0.5) is 47.0 Å². The van der Waals surface area contributed by atoms with E-state index in [4.69, 9.17) is 0 Å². The van der Waals surface area contributed by atoms with Crippen molar-refractivity contribution in [1.82, 2.24) is 15.0 Å². The Morgan fingerprint density at radius 1 is 1.03 bits per heavy atom. The van der Waals surface area contributed by atoms with Gasteiger partial charge in [-0.2, -0.15) is 55.1 Å². The third-order valence-corrected chi connectivity index (χ3v) is 4.80. The van der Waals surface area contributed by atoms with Crippen LogP contribution in [0.5, 0.6) is 0 Å². The fourth-order valence-corrected chi connectivity index (χ4v) is 2.98. The van der Waals surface area contributed by atoms with Crippen molar-refractivity contribution in [3.8, 4) is 0 Å². The number of nitrogens with zero attached hydrogens (tertiary/aromatic N) is 3. The number of aromatic nitrogens is 3. The van der Waals surface area contributed by atoms with Gasteiger partial charge in [-0.05, 0) is 13.3 Å². The van der Waals surface area contributed by atoms with E-state index in [1.165, 1.54) is 0 Å². The molecule has 2 atom stereocenters. The second-order valence-electron chi connectivity index (χ2n) is 7.31. The van der Waals surface area contributed by atoms with Gasteiger partial charge in [0.15, 0.2) is 11.9 Å². The lowest BCUT2D eigenvalue weighted by Gasteiger charge is -2.35. The molecule has 1 unspecified atom stereocenters. The summed E-state index contributed by atoms with van der Waals surface area (Å²) in [6, 6.07) is -2.92. The van der Waals surface area contributed by atoms with E-state index in [0.717, 1.165) is 6.92 Å². The van der Waals surface area contributed by atoms with Gasteiger partial charge in [-0.25, -0.2) is 22.0 Å². The zero-order valence-electron chi connectivity index (χ0n) is 16.4. The van der Waals surface area contributed by atoms with Crippen molar-refractivity contribution in [2.45, 2.75) is 68.8 Å². The minimum Gasteiger partial charge on any atom is -0.380 e. The highest BCUT2D eigenvalue weighted by Gasteiger charge is 2.47. The van der Waals surface area contributed by atoms with E-state index in [9.17, 15) is 40.2 Å². The molecule has 0 bridgehead atoms. The Kier molecular flexibility index (Phi) is 8.68. The Labute approximate surface area is 191 Å². The summed E-state index contributed by atoms with van der Waals surface area (Å²) < 4.78 is 106. The van der Waals surface area contributed by atoms with Crippen molar-refractivity contribution in [3.63, 3.8) is 0 Å². The highest BCUT2D eigenvalue weighted by molar-refractivity contribution is 7.59. The largest absolute Gasteiger partial charge is 0.408 e. The first kappa shape index (κ1) is 28.5. The molecule has 3 N–H and O–H groups in total. The van der Waals surface area contributed by atoms with Gasteiger partial charge in [0.25, 0.3) is 11.8 Å². The fourth-order valence-electron chi connectivity index (χ4n) is 2.98. The monoisotopic (exact) mass is 515 g/mol. The van der Waals surface area contributed by atoms with Crippen LogP contribution in [-0.2, 0) is 0 Å². The summed E-state index contributed by atoms with van der Waals surface area (Å²) in [4.78, 5) is 11.1. The quantitative estimate of drug-likeness (QED) is 0.512. The number of hydrogen-bond donors (Lipinski definition) is 3. The molecule has 1 heterocycles. The lowest BCUT2D eigenvalue weighted by molar-refractivity contribution is -0.138. The van der Waals surface area contributed by atoms with Gasteiger partial charge >= 0.3 is 6.18 Å². The number of halogens is 8. The smallest absolute Gasteiger partial charge is 0.380 e. The standard InChI is InChI=1S/C16H17F8N5O.2H2S/c1-6(16(22,23)24)25-12-27-11(8-2-3-15(20,21)10(30)9(8)17)28-13(29-12)26-7-4-14(18,19)5-7;;/h6-7,10,30H,2-5H2,1H3,(H2,25,26,27,28,29);2*1H2/t6?,10-;;/m0../s1. The summed E-state index contributed by atoms with van der Waals surface area (Å²) in [5.74, 6) is -9.93. The molecule has 32 heavy (non-hydrogen) atoms. The summed E-state index contributed by atoms with van der Waals surface area (Å²) in [7, 11) is 0. The molecule has 0 spiro atoms. The van der Waals surface area contributed by atoms with Crippen LogP contribution in [0.25, 0.3) is 5.57 Å². The Hall–Kier alpha value is -1.55. The van der Waals surface area contributed by atoms with Crippen LogP contribution in [0.15, 0.2) is 5.83 Å². The highest BCUT2D eigenvalue weighted by atomic mass is 32.1. The number of hydrogen-bond acceptors (Lipinski definition) is 6. The van der Waals surface area contributed by atoms with Crippen molar-refractivity contribution in [2.24, 2.45) is 0 Å². The molecule has 3 rings (SSSR count). The lowest BCUT2D eigenvalue weighted by Crippen LogP contribution is -2.44. The maximum Gasteiger partial charge on any atom is 0.408 e. The Morgan fingerprint density at radius 3 is 2.12 bits per heavy atom. The van der Waals surface area contributed by atoms with E-state index in [-0.39, 0.29) is 27.0 Å². The van der Waals surface area contributed by atoms with Gasteiger partial charge in [0.1, 0.15) is 11.9 Å². The number of aliphatic hydroxyl groups is 1. The first-order valence-electron chi connectivity index (χ1n) is 8.86. The zero-order chi connectivity index (χ0) is 22.5. The first-order chi connectivity index (χ1) is 13.7. The normalized spacial score (nSPS) is 23.4. The average molecular weight is 515 g/mol. The zero-order valence-corrected chi connectivity index (χ0v) is 18.4. The molecule has 16 heteroatoms. The topological polar surface area (TPSA) is 83.0 Å². The molecule has 2 aliphatic rings. The molecule has 0 radical (unpaired) electrons. The van der Waals surface area contributed by atoms with E-state index >= 15 is 0 Å². The second kappa shape index (κ2) is 9.75. The van der Waals surface area contributed by atoms with Crippen LogP contribution in [0.1, 0.15) is 38.4 Å². The van der Waals surface area contributed by atoms with Crippen molar-refractivity contribution in [3.05, 3.63) is 11.7 Å². The summed E-state index contributed by atoms with van der Waals surface area (Å²) in [5, 5.41) is 13.9. The third-order valence-electron chi connectivity index (χ3n) is 4.80. The van der Waals surface area contributed by atoms with E-state index in [1.54, 1.807) is 0 Å². The number of nitrogens with one attached hydrogen (secondary N) is 2. The number of anilines is 2. The van der Waals surface area contributed by atoms with Gasteiger partial charge in [-0.15, -0.1) is 0 Å². The van der Waals surface area contributed by atoms with Gasteiger partial charge in [0, 0.05) is 30.9 Å². The summed E-state index contributed by atoms with van der Waals surface area (Å²) >= 11 is 0. The van der Waals surface area contributed by atoms with E-state index in [2.05, 4.69) is 20.3 Å². The molecule has 2 aliphatic carbocycles. The Balaban J connectivity index is 0.00000256. The van der Waals surface area contributed by atoms with Gasteiger partial charge < -0.3 is 15.7 Å². The molecule has 0 amide bonds. The summed E-state index contributed by atoms with van der Waals surface area (Å²) in [6.45, 7) is 0.758. The van der Waals surface area contributed by atoms with Crippen LogP contribution in [-0.4, -0.2) is 56.3 Å². The molecular weight excluding hydrogens is 494 g/mol. The molecule has 1 fully saturated rings. The minimum atomic E-state index is -4.69. The van der Waals surface area contributed by atoms with Crippen LogP contribution < -0.4 is 10.6 Å². The predicted octanol–water partition coefficient (Wildman–Crippen LogP) is 4.14. The minimum absolute atomic E-state index is 0. The molecule has 1 aromatic rings. The van der Waals surface area contributed by atoms with Crippen molar-refractivity contribution >= 4 is 44.5 Å². The molecule has 1 aromatic heterocycles.